The molecule has 0 amide bonds. The third-order valence-corrected chi connectivity index (χ3v) is 4.72. The van der Waals surface area contributed by atoms with Gasteiger partial charge in [0, 0.05) is 45.3 Å². The highest BCUT2D eigenvalue weighted by atomic mass is 15.2. The molecule has 1 atom stereocenters. The zero-order chi connectivity index (χ0) is 13.5. The van der Waals surface area contributed by atoms with Crippen LogP contribution >= 0.6 is 0 Å². The number of hydrogen-bond donors (Lipinski definition) is 1. The summed E-state index contributed by atoms with van der Waals surface area (Å²) in [7, 11) is 2.22. The van der Waals surface area contributed by atoms with Crippen molar-refractivity contribution in [3.63, 3.8) is 0 Å². The maximum atomic E-state index is 3.78. The van der Waals surface area contributed by atoms with Gasteiger partial charge >= 0.3 is 0 Å². The Hall–Kier alpha value is -0.160. The average molecular weight is 268 g/mol. The molecule has 2 aliphatic rings. The van der Waals surface area contributed by atoms with E-state index in [1.165, 1.54) is 78.2 Å². The lowest BCUT2D eigenvalue weighted by molar-refractivity contribution is 0.153. The Morgan fingerprint density at radius 2 is 1.74 bits per heavy atom. The molecule has 0 saturated carbocycles. The van der Waals surface area contributed by atoms with Gasteiger partial charge < -0.3 is 15.1 Å². The molecule has 2 aliphatic heterocycles. The third kappa shape index (κ3) is 5.38. The summed E-state index contributed by atoms with van der Waals surface area (Å²) in [4.78, 5) is 7.61. The van der Waals surface area contributed by atoms with Crippen molar-refractivity contribution in [2.45, 2.75) is 32.2 Å². The smallest absolute Gasteiger partial charge is 0.0110 e. The van der Waals surface area contributed by atoms with Crippen LogP contribution in [-0.2, 0) is 0 Å². The molecule has 0 radical (unpaired) electrons. The summed E-state index contributed by atoms with van der Waals surface area (Å²) >= 11 is 0. The molecule has 2 saturated heterocycles. The second-order valence-corrected chi connectivity index (χ2v) is 6.16. The number of nitrogens with one attached hydrogen (secondary N) is 1. The predicted octanol–water partition coefficient (Wildman–Crippen LogP) is 0.698. The molecule has 2 rings (SSSR count). The highest BCUT2D eigenvalue weighted by Crippen LogP contribution is 2.10. The molecule has 2 fully saturated rings. The molecule has 0 aliphatic carbocycles. The fraction of sp³-hybridized carbons (Fsp3) is 1.00. The standard InChI is InChI=1S/C15H32N4/c1-3-18-8-4-5-15(6-9-18)16-7-10-19-13-11-17(2)12-14-19/h15-16H,3-14H2,1-2H3. The average Bonchev–Trinajstić information content (AvgIpc) is 2.66. The molecule has 2 heterocycles. The van der Waals surface area contributed by atoms with Crippen LogP contribution in [0.5, 0.6) is 0 Å². The maximum absolute atomic E-state index is 3.78. The van der Waals surface area contributed by atoms with E-state index in [9.17, 15) is 0 Å². The number of rotatable bonds is 5. The van der Waals surface area contributed by atoms with Gasteiger partial charge in [0.15, 0.2) is 0 Å². The van der Waals surface area contributed by atoms with Gasteiger partial charge in [0.05, 0.1) is 0 Å². The van der Waals surface area contributed by atoms with E-state index in [0.29, 0.717) is 0 Å². The van der Waals surface area contributed by atoms with Gasteiger partial charge in [-0.05, 0) is 45.9 Å². The Balaban J connectivity index is 1.57. The normalized spacial score (nSPS) is 28.4. The van der Waals surface area contributed by atoms with Crippen molar-refractivity contribution in [2.24, 2.45) is 0 Å². The number of piperazine rings is 1. The molecule has 112 valence electrons. The van der Waals surface area contributed by atoms with Crippen LogP contribution in [0.1, 0.15) is 26.2 Å². The van der Waals surface area contributed by atoms with Crippen molar-refractivity contribution in [1.82, 2.24) is 20.0 Å². The molecule has 1 unspecified atom stereocenters. The Morgan fingerprint density at radius 3 is 2.47 bits per heavy atom. The number of nitrogens with zero attached hydrogens (tertiary/aromatic N) is 3. The van der Waals surface area contributed by atoms with Gasteiger partial charge in [-0.25, -0.2) is 0 Å². The van der Waals surface area contributed by atoms with Crippen molar-refractivity contribution in [3.8, 4) is 0 Å². The molecule has 19 heavy (non-hydrogen) atoms. The largest absolute Gasteiger partial charge is 0.313 e. The minimum Gasteiger partial charge on any atom is -0.313 e. The first-order valence-corrected chi connectivity index (χ1v) is 8.14. The van der Waals surface area contributed by atoms with Crippen molar-refractivity contribution < 1.29 is 0 Å². The summed E-state index contributed by atoms with van der Waals surface area (Å²) < 4.78 is 0. The number of likely N-dealkylation sites (N-methyl/N-ethyl adjacent to an activating group) is 1. The summed E-state index contributed by atoms with van der Waals surface area (Å²) in [6.45, 7) is 13.4. The van der Waals surface area contributed by atoms with E-state index in [4.69, 9.17) is 0 Å². The van der Waals surface area contributed by atoms with Gasteiger partial charge in [-0.3, -0.25) is 4.90 Å². The minimum atomic E-state index is 0.754. The van der Waals surface area contributed by atoms with E-state index in [1.807, 2.05) is 0 Å². The number of likely N-dealkylation sites (tertiary alicyclic amines) is 1. The van der Waals surface area contributed by atoms with Gasteiger partial charge in [-0.1, -0.05) is 6.92 Å². The van der Waals surface area contributed by atoms with Crippen molar-refractivity contribution in [3.05, 3.63) is 0 Å². The first-order valence-electron chi connectivity index (χ1n) is 8.14. The van der Waals surface area contributed by atoms with E-state index in [1.54, 1.807) is 0 Å². The van der Waals surface area contributed by atoms with Gasteiger partial charge in [0.1, 0.15) is 0 Å². The maximum Gasteiger partial charge on any atom is 0.0110 e. The molecule has 4 nitrogen and oxygen atoms in total. The van der Waals surface area contributed by atoms with E-state index >= 15 is 0 Å². The SMILES string of the molecule is CCN1CCCC(NCCN2CCN(C)CC2)CC1. The summed E-state index contributed by atoms with van der Waals surface area (Å²) in [6.07, 6.45) is 4.05. The van der Waals surface area contributed by atoms with Crippen LogP contribution in [0.25, 0.3) is 0 Å². The fourth-order valence-corrected chi connectivity index (χ4v) is 3.17. The van der Waals surface area contributed by atoms with E-state index in [-0.39, 0.29) is 0 Å². The summed E-state index contributed by atoms with van der Waals surface area (Å²) in [6, 6.07) is 0.754. The summed E-state index contributed by atoms with van der Waals surface area (Å²) in [5.41, 5.74) is 0. The Kier molecular flexibility index (Phi) is 6.57. The van der Waals surface area contributed by atoms with E-state index in [0.717, 1.165) is 6.04 Å². The Bertz CT molecular complexity index is 238. The zero-order valence-corrected chi connectivity index (χ0v) is 12.9. The monoisotopic (exact) mass is 268 g/mol. The fourth-order valence-electron chi connectivity index (χ4n) is 3.17. The van der Waals surface area contributed by atoms with Crippen LogP contribution < -0.4 is 5.32 Å². The number of hydrogen-bond acceptors (Lipinski definition) is 4. The minimum absolute atomic E-state index is 0.754. The van der Waals surface area contributed by atoms with Crippen LogP contribution in [-0.4, -0.2) is 86.7 Å². The third-order valence-electron chi connectivity index (χ3n) is 4.72. The van der Waals surface area contributed by atoms with Crippen molar-refractivity contribution in [1.29, 1.82) is 0 Å². The zero-order valence-electron chi connectivity index (χ0n) is 12.9. The van der Waals surface area contributed by atoms with Crippen LogP contribution in [0.3, 0.4) is 0 Å². The first kappa shape index (κ1) is 15.2. The van der Waals surface area contributed by atoms with Gasteiger partial charge in [-0.2, -0.15) is 0 Å². The summed E-state index contributed by atoms with van der Waals surface area (Å²) in [5.74, 6) is 0. The molecule has 0 spiro atoms. The summed E-state index contributed by atoms with van der Waals surface area (Å²) in [5, 5.41) is 3.78. The quantitative estimate of drug-likeness (QED) is 0.792. The van der Waals surface area contributed by atoms with Crippen LogP contribution in [0, 0.1) is 0 Å². The first-order chi connectivity index (χ1) is 9.28. The molecule has 0 aromatic heterocycles. The van der Waals surface area contributed by atoms with Crippen LogP contribution in [0.15, 0.2) is 0 Å². The molecular weight excluding hydrogens is 236 g/mol. The second-order valence-electron chi connectivity index (χ2n) is 6.16. The van der Waals surface area contributed by atoms with Gasteiger partial charge in [0.25, 0.3) is 0 Å². The van der Waals surface area contributed by atoms with Crippen LogP contribution in [0.2, 0.25) is 0 Å². The lowest BCUT2D eigenvalue weighted by atomic mass is 10.1. The topological polar surface area (TPSA) is 21.8 Å². The molecule has 4 heteroatoms. The van der Waals surface area contributed by atoms with Crippen molar-refractivity contribution >= 4 is 0 Å². The molecular formula is C15H32N4. The lowest BCUT2D eigenvalue weighted by Crippen LogP contribution is -2.47. The highest BCUT2D eigenvalue weighted by molar-refractivity contribution is 4.76. The van der Waals surface area contributed by atoms with Gasteiger partial charge in [0.2, 0.25) is 0 Å². The Labute approximate surface area is 119 Å². The molecule has 0 aromatic carbocycles. The second kappa shape index (κ2) is 8.20. The van der Waals surface area contributed by atoms with Gasteiger partial charge in [-0.15, -0.1) is 0 Å². The van der Waals surface area contributed by atoms with E-state index in [2.05, 4.69) is 34.0 Å². The van der Waals surface area contributed by atoms with Crippen molar-refractivity contribution in [2.75, 3.05) is 66.0 Å². The van der Waals surface area contributed by atoms with Crippen LogP contribution in [0.4, 0.5) is 0 Å². The predicted molar refractivity (Wildman–Crippen MR) is 81.7 cm³/mol. The van der Waals surface area contributed by atoms with E-state index < -0.39 is 0 Å². The molecule has 0 bridgehead atoms. The molecule has 1 N–H and O–H groups in total. The molecule has 0 aromatic rings. The lowest BCUT2D eigenvalue weighted by Gasteiger charge is -2.32. The Morgan fingerprint density at radius 1 is 0.947 bits per heavy atom. The highest BCUT2D eigenvalue weighted by Gasteiger charge is 2.16.